The lowest BCUT2D eigenvalue weighted by atomic mass is 10.3. The van der Waals surface area contributed by atoms with Gasteiger partial charge in [-0.25, -0.2) is 9.78 Å². The van der Waals surface area contributed by atoms with Crippen molar-refractivity contribution in [3.05, 3.63) is 25.5 Å². The number of carboxylic acids is 1. The van der Waals surface area contributed by atoms with Gasteiger partial charge in [-0.1, -0.05) is 23.2 Å². The summed E-state index contributed by atoms with van der Waals surface area (Å²) >= 11 is 13.1. The Hall–Kier alpha value is -0.0700. The normalized spacial score (nSPS) is 9.92. The van der Waals surface area contributed by atoms with Gasteiger partial charge in [-0.15, -0.1) is 0 Å². The molecule has 1 N–H and O–H groups in total. The van der Waals surface area contributed by atoms with Crippen LogP contribution in [0.15, 0.2) is 6.20 Å². The van der Waals surface area contributed by atoms with E-state index >= 15 is 0 Å². The molecule has 0 fully saturated rings. The Morgan fingerprint density at radius 3 is 2.67 bits per heavy atom. The van der Waals surface area contributed by atoms with Crippen molar-refractivity contribution >= 4 is 51.8 Å². The van der Waals surface area contributed by atoms with Crippen LogP contribution in [0.4, 0.5) is 0 Å². The van der Waals surface area contributed by atoms with Crippen LogP contribution in [0.25, 0.3) is 0 Å². The van der Waals surface area contributed by atoms with E-state index in [1.165, 1.54) is 6.20 Å². The van der Waals surface area contributed by atoms with Gasteiger partial charge in [0.1, 0.15) is 0 Å². The summed E-state index contributed by atoms with van der Waals surface area (Å²) in [6.07, 6.45) is 1.22. The molecular formula is C6H2Cl2INO2. The summed E-state index contributed by atoms with van der Waals surface area (Å²) in [6, 6.07) is 0. The van der Waals surface area contributed by atoms with Gasteiger partial charge in [0, 0.05) is 6.20 Å². The molecule has 0 unspecified atom stereocenters. The molecule has 0 aliphatic heterocycles. The van der Waals surface area contributed by atoms with Crippen LogP contribution in [-0.2, 0) is 0 Å². The molecule has 6 heteroatoms. The van der Waals surface area contributed by atoms with Crippen LogP contribution < -0.4 is 0 Å². The smallest absolute Gasteiger partial charge is 0.355 e. The van der Waals surface area contributed by atoms with E-state index in [1.54, 1.807) is 22.6 Å². The molecule has 1 heterocycles. The van der Waals surface area contributed by atoms with Gasteiger partial charge < -0.3 is 5.11 Å². The first kappa shape index (κ1) is 10.0. The van der Waals surface area contributed by atoms with Crippen molar-refractivity contribution in [3.8, 4) is 0 Å². The van der Waals surface area contributed by atoms with Gasteiger partial charge in [0.05, 0.1) is 13.6 Å². The lowest BCUT2D eigenvalue weighted by Gasteiger charge is -2.00. The van der Waals surface area contributed by atoms with E-state index in [4.69, 9.17) is 28.3 Å². The van der Waals surface area contributed by atoms with E-state index in [0.29, 0.717) is 3.57 Å². The Bertz CT molecular complexity index is 343. The summed E-state index contributed by atoms with van der Waals surface area (Å²) in [6.45, 7) is 0. The van der Waals surface area contributed by atoms with Crippen LogP contribution in [0, 0.1) is 3.57 Å². The van der Waals surface area contributed by atoms with E-state index in [0.717, 1.165) is 0 Å². The number of nitrogens with zero attached hydrogens (tertiary/aromatic N) is 1. The van der Waals surface area contributed by atoms with Gasteiger partial charge in [-0.05, 0) is 22.6 Å². The lowest BCUT2D eigenvalue weighted by Crippen LogP contribution is -2.03. The molecule has 0 aliphatic carbocycles. The number of aromatic nitrogens is 1. The van der Waals surface area contributed by atoms with Gasteiger partial charge in [-0.3, -0.25) is 0 Å². The zero-order valence-electron chi connectivity index (χ0n) is 5.51. The fourth-order valence-electron chi connectivity index (χ4n) is 0.592. The number of carbonyl (C=O) groups is 1. The summed E-state index contributed by atoms with van der Waals surface area (Å²) in [5, 5.41) is 9.09. The Balaban J connectivity index is 3.36. The molecule has 12 heavy (non-hydrogen) atoms. The second-order valence-corrected chi connectivity index (χ2v) is 3.75. The quantitative estimate of drug-likeness (QED) is 0.810. The first-order valence-corrected chi connectivity index (χ1v) is 4.60. The predicted octanol–water partition coefficient (Wildman–Crippen LogP) is 2.69. The topological polar surface area (TPSA) is 50.2 Å². The fourth-order valence-corrected chi connectivity index (χ4v) is 1.69. The SMILES string of the molecule is O=C(O)c1ncc(Cl)c(Cl)c1I. The molecule has 0 saturated carbocycles. The molecule has 64 valence electrons. The summed E-state index contributed by atoms with van der Waals surface area (Å²) in [7, 11) is 0. The number of carboxylic acid groups (broad SMARTS) is 1. The second kappa shape index (κ2) is 3.76. The highest BCUT2D eigenvalue weighted by Crippen LogP contribution is 2.27. The molecule has 0 atom stereocenters. The van der Waals surface area contributed by atoms with E-state index < -0.39 is 5.97 Å². The molecule has 1 rings (SSSR count). The third-order valence-corrected chi connectivity index (χ3v) is 3.26. The Kier molecular flexibility index (Phi) is 3.14. The minimum Gasteiger partial charge on any atom is -0.476 e. The van der Waals surface area contributed by atoms with Crippen LogP contribution in [0.3, 0.4) is 0 Å². The van der Waals surface area contributed by atoms with Crippen molar-refractivity contribution in [2.75, 3.05) is 0 Å². The number of aromatic carboxylic acids is 1. The summed E-state index contributed by atoms with van der Waals surface area (Å²) in [5.74, 6) is -1.11. The molecule has 0 amide bonds. The first-order chi connectivity index (χ1) is 5.54. The maximum atomic E-state index is 10.5. The monoisotopic (exact) mass is 317 g/mol. The molecule has 1 aromatic heterocycles. The van der Waals surface area contributed by atoms with Gasteiger partial charge in [0.25, 0.3) is 0 Å². The molecule has 0 spiro atoms. The standard InChI is InChI=1S/C6H2Cl2INO2/c7-2-1-10-5(6(11)12)4(9)3(2)8/h1H,(H,11,12). The Morgan fingerprint density at radius 2 is 2.17 bits per heavy atom. The molecule has 3 nitrogen and oxygen atoms in total. The van der Waals surface area contributed by atoms with Crippen LogP contribution in [0.1, 0.15) is 10.5 Å². The fraction of sp³-hybridized carbons (Fsp3) is 0. The summed E-state index contributed by atoms with van der Waals surface area (Å²) in [5.41, 5.74) is -0.0787. The maximum Gasteiger partial charge on any atom is 0.355 e. The largest absolute Gasteiger partial charge is 0.476 e. The molecular weight excluding hydrogens is 316 g/mol. The molecule has 0 bridgehead atoms. The molecule has 0 aromatic carbocycles. The number of pyridine rings is 1. The molecule has 0 saturated heterocycles. The minimum atomic E-state index is -1.11. The van der Waals surface area contributed by atoms with Crippen LogP contribution in [0.2, 0.25) is 10.0 Å². The zero-order chi connectivity index (χ0) is 9.30. The van der Waals surface area contributed by atoms with Gasteiger partial charge in [0.2, 0.25) is 0 Å². The van der Waals surface area contributed by atoms with Crippen molar-refractivity contribution in [2.45, 2.75) is 0 Å². The maximum absolute atomic E-state index is 10.5. The van der Waals surface area contributed by atoms with Crippen molar-refractivity contribution in [1.82, 2.24) is 4.98 Å². The summed E-state index contributed by atoms with van der Waals surface area (Å²) in [4.78, 5) is 14.1. The van der Waals surface area contributed by atoms with Crippen LogP contribution in [0.5, 0.6) is 0 Å². The first-order valence-electron chi connectivity index (χ1n) is 2.77. The minimum absolute atomic E-state index is 0.0787. The third-order valence-electron chi connectivity index (χ3n) is 1.12. The number of halogens is 3. The van der Waals surface area contributed by atoms with E-state index in [-0.39, 0.29) is 15.7 Å². The molecule has 0 radical (unpaired) electrons. The van der Waals surface area contributed by atoms with E-state index in [9.17, 15) is 4.79 Å². The molecule has 1 aromatic rings. The Labute approximate surface area is 91.8 Å². The van der Waals surface area contributed by atoms with Crippen LogP contribution >= 0.6 is 45.8 Å². The highest BCUT2D eigenvalue weighted by molar-refractivity contribution is 14.1. The van der Waals surface area contributed by atoms with Gasteiger partial charge >= 0.3 is 5.97 Å². The average molecular weight is 318 g/mol. The summed E-state index contributed by atoms with van der Waals surface area (Å²) < 4.78 is 0.356. The third kappa shape index (κ3) is 1.81. The van der Waals surface area contributed by atoms with E-state index in [2.05, 4.69) is 4.98 Å². The van der Waals surface area contributed by atoms with Crippen LogP contribution in [-0.4, -0.2) is 16.1 Å². The molecule has 0 aliphatic rings. The van der Waals surface area contributed by atoms with Gasteiger partial charge in [0.15, 0.2) is 5.69 Å². The van der Waals surface area contributed by atoms with Crippen molar-refractivity contribution in [3.63, 3.8) is 0 Å². The predicted molar refractivity (Wildman–Crippen MR) is 53.9 cm³/mol. The van der Waals surface area contributed by atoms with Crippen molar-refractivity contribution in [1.29, 1.82) is 0 Å². The van der Waals surface area contributed by atoms with Gasteiger partial charge in [-0.2, -0.15) is 0 Å². The highest BCUT2D eigenvalue weighted by atomic mass is 127. The Morgan fingerprint density at radius 1 is 1.58 bits per heavy atom. The number of rotatable bonds is 1. The van der Waals surface area contributed by atoms with E-state index in [1.807, 2.05) is 0 Å². The number of hydrogen-bond donors (Lipinski definition) is 1. The zero-order valence-corrected chi connectivity index (χ0v) is 9.18. The number of hydrogen-bond acceptors (Lipinski definition) is 2. The lowest BCUT2D eigenvalue weighted by molar-refractivity contribution is 0.0689. The highest BCUT2D eigenvalue weighted by Gasteiger charge is 2.14. The van der Waals surface area contributed by atoms with Crippen molar-refractivity contribution in [2.24, 2.45) is 0 Å². The second-order valence-electron chi connectivity index (χ2n) is 1.89. The average Bonchev–Trinajstić information content (AvgIpc) is 2.00. The van der Waals surface area contributed by atoms with Crippen molar-refractivity contribution < 1.29 is 9.90 Å².